The van der Waals surface area contributed by atoms with Gasteiger partial charge in [0.1, 0.15) is 0 Å². The summed E-state index contributed by atoms with van der Waals surface area (Å²) in [6.07, 6.45) is 2.39. The highest BCUT2D eigenvalue weighted by molar-refractivity contribution is 7.99. The maximum atomic E-state index is 5.75. The van der Waals surface area contributed by atoms with Crippen molar-refractivity contribution < 1.29 is 0 Å². The summed E-state index contributed by atoms with van der Waals surface area (Å²) in [6, 6.07) is 0.431. The number of nitrogens with two attached hydrogens (primary N) is 1. The number of rotatable bonds is 5. The first kappa shape index (κ1) is 9.31. The zero-order valence-corrected chi connectivity index (χ0v) is 7.21. The average molecular weight is 147 g/mol. The normalized spacial score (nSPS) is 13.7. The van der Waals surface area contributed by atoms with Crippen LogP contribution in [0.5, 0.6) is 0 Å². The molecule has 0 aromatic carbocycles. The van der Waals surface area contributed by atoms with Crippen LogP contribution in [0.15, 0.2) is 0 Å². The van der Waals surface area contributed by atoms with E-state index in [4.69, 9.17) is 5.73 Å². The predicted octanol–water partition coefficient (Wildman–Crippen LogP) is 1.87. The van der Waals surface area contributed by atoms with Gasteiger partial charge in [0.2, 0.25) is 0 Å². The molecule has 0 aliphatic rings. The molecule has 0 spiro atoms. The van der Waals surface area contributed by atoms with Crippen LogP contribution in [0.1, 0.15) is 26.7 Å². The lowest BCUT2D eigenvalue weighted by Crippen LogP contribution is -2.22. The molecule has 1 nitrogen and oxygen atoms in total. The van der Waals surface area contributed by atoms with Gasteiger partial charge in [0.25, 0.3) is 0 Å². The van der Waals surface area contributed by atoms with Crippen molar-refractivity contribution in [3.8, 4) is 0 Å². The third kappa shape index (κ3) is 6.19. The molecule has 56 valence electrons. The van der Waals surface area contributed by atoms with Crippen molar-refractivity contribution >= 4 is 11.8 Å². The van der Waals surface area contributed by atoms with Gasteiger partial charge < -0.3 is 5.73 Å². The molecule has 0 bridgehead atoms. The molecular formula is C7H17NS. The van der Waals surface area contributed by atoms with E-state index in [1.807, 2.05) is 11.8 Å². The number of thioether (sulfide) groups is 1. The Kier molecular flexibility index (Phi) is 6.65. The van der Waals surface area contributed by atoms with Gasteiger partial charge in [0.05, 0.1) is 0 Å². The van der Waals surface area contributed by atoms with Gasteiger partial charge >= 0.3 is 0 Å². The third-order valence-corrected chi connectivity index (χ3v) is 2.27. The molecule has 0 amide bonds. The van der Waals surface area contributed by atoms with Gasteiger partial charge in [0.15, 0.2) is 0 Å². The monoisotopic (exact) mass is 147 g/mol. The molecule has 0 aliphatic carbocycles. The van der Waals surface area contributed by atoms with Crippen LogP contribution in [0.2, 0.25) is 0 Å². The smallest absolute Gasteiger partial charge is 0.0130 e. The van der Waals surface area contributed by atoms with Crippen molar-refractivity contribution in [1.29, 1.82) is 0 Å². The van der Waals surface area contributed by atoms with Crippen molar-refractivity contribution in [1.82, 2.24) is 0 Å². The maximum Gasteiger partial charge on any atom is 0.0130 e. The first-order valence-corrected chi connectivity index (χ1v) is 4.80. The molecule has 0 heterocycles. The van der Waals surface area contributed by atoms with Gasteiger partial charge in [0, 0.05) is 11.8 Å². The molecule has 0 aromatic heterocycles. The van der Waals surface area contributed by atoms with E-state index in [1.165, 1.54) is 18.6 Å². The lowest BCUT2D eigenvalue weighted by Gasteiger charge is -2.07. The van der Waals surface area contributed by atoms with Crippen LogP contribution < -0.4 is 5.73 Å². The van der Waals surface area contributed by atoms with Gasteiger partial charge in [-0.05, 0) is 12.2 Å². The third-order valence-electron chi connectivity index (χ3n) is 1.20. The number of hydrogen-bond donors (Lipinski definition) is 1. The molecule has 2 heteroatoms. The van der Waals surface area contributed by atoms with Crippen molar-refractivity contribution in [2.24, 2.45) is 5.73 Å². The summed E-state index contributed by atoms with van der Waals surface area (Å²) < 4.78 is 0. The Bertz CT molecular complexity index is 56.9. The zero-order chi connectivity index (χ0) is 7.11. The van der Waals surface area contributed by atoms with Crippen LogP contribution >= 0.6 is 11.8 Å². The van der Waals surface area contributed by atoms with Crippen molar-refractivity contribution in [3.63, 3.8) is 0 Å². The fourth-order valence-corrected chi connectivity index (χ4v) is 1.43. The first-order valence-electron chi connectivity index (χ1n) is 3.64. The fourth-order valence-electron chi connectivity index (χ4n) is 0.723. The largest absolute Gasteiger partial charge is 0.327 e. The second-order valence-electron chi connectivity index (χ2n) is 2.21. The quantitative estimate of drug-likeness (QED) is 0.642. The summed E-state index contributed by atoms with van der Waals surface area (Å²) in [5, 5.41) is 0. The molecule has 0 rings (SSSR count). The minimum Gasteiger partial charge on any atom is -0.327 e. The van der Waals surface area contributed by atoms with Crippen LogP contribution in [-0.4, -0.2) is 17.5 Å². The van der Waals surface area contributed by atoms with E-state index < -0.39 is 0 Å². The van der Waals surface area contributed by atoms with E-state index in [2.05, 4.69) is 13.8 Å². The fraction of sp³-hybridized carbons (Fsp3) is 1.00. The highest BCUT2D eigenvalue weighted by Crippen LogP contribution is 2.03. The number of hydrogen-bond acceptors (Lipinski definition) is 2. The van der Waals surface area contributed by atoms with Gasteiger partial charge in [-0.2, -0.15) is 11.8 Å². The van der Waals surface area contributed by atoms with Gasteiger partial charge in [-0.1, -0.05) is 20.3 Å². The molecule has 2 N–H and O–H groups in total. The Labute approximate surface area is 62.4 Å². The Balaban J connectivity index is 2.95. The second-order valence-corrected chi connectivity index (χ2v) is 3.53. The van der Waals surface area contributed by atoms with Crippen LogP contribution in [0.25, 0.3) is 0 Å². The minimum atomic E-state index is 0.431. The highest BCUT2D eigenvalue weighted by Gasteiger charge is 1.97. The van der Waals surface area contributed by atoms with Crippen molar-refractivity contribution in [2.45, 2.75) is 32.7 Å². The SMILES string of the molecule is CCCC(N)CSCC. The summed E-state index contributed by atoms with van der Waals surface area (Å²) >= 11 is 1.93. The molecule has 0 radical (unpaired) electrons. The van der Waals surface area contributed by atoms with E-state index >= 15 is 0 Å². The molecule has 0 aromatic rings. The van der Waals surface area contributed by atoms with Gasteiger partial charge in [-0.15, -0.1) is 0 Å². The van der Waals surface area contributed by atoms with Crippen molar-refractivity contribution in [2.75, 3.05) is 11.5 Å². The molecule has 0 saturated carbocycles. The van der Waals surface area contributed by atoms with E-state index in [0.717, 1.165) is 5.75 Å². The van der Waals surface area contributed by atoms with Crippen LogP contribution in [-0.2, 0) is 0 Å². The molecule has 0 fully saturated rings. The summed E-state index contributed by atoms with van der Waals surface area (Å²) in [7, 11) is 0. The minimum absolute atomic E-state index is 0.431. The zero-order valence-electron chi connectivity index (χ0n) is 6.39. The lowest BCUT2D eigenvalue weighted by atomic mass is 10.2. The van der Waals surface area contributed by atoms with E-state index in [1.54, 1.807) is 0 Å². The van der Waals surface area contributed by atoms with Gasteiger partial charge in [-0.3, -0.25) is 0 Å². The topological polar surface area (TPSA) is 26.0 Å². The van der Waals surface area contributed by atoms with E-state index in [-0.39, 0.29) is 0 Å². The molecule has 1 atom stereocenters. The van der Waals surface area contributed by atoms with E-state index in [9.17, 15) is 0 Å². The predicted molar refractivity (Wildman–Crippen MR) is 45.9 cm³/mol. The standard InChI is InChI=1S/C7H17NS/c1-3-5-7(8)6-9-4-2/h7H,3-6,8H2,1-2H3. The summed E-state index contributed by atoms with van der Waals surface area (Å²) in [6.45, 7) is 4.35. The lowest BCUT2D eigenvalue weighted by molar-refractivity contribution is 0.661. The first-order chi connectivity index (χ1) is 4.31. The highest BCUT2D eigenvalue weighted by atomic mass is 32.2. The Hall–Kier alpha value is 0.310. The Morgan fingerprint density at radius 1 is 1.44 bits per heavy atom. The average Bonchev–Trinajstić information content (AvgIpc) is 1.85. The molecule has 1 unspecified atom stereocenters. The molecule has 0 saturated heterocycles. The molecular weight excluding hydrogens is 130 g/mol. The van der Waals surface area contributed by atoms with Gasteiger partial charge in [-0.25, -0.2) is 0 Å². The van der Waals surface area contributed by atoms with Crippen molar-refractivity contribution in [3.05, 3.63) is 0 Å². The van der Waals surface area contributed by atoms with Crippen LogP contribution in [0.3, 0.4) is 0 Å². The van der Waals surface area contributed by atoms with Crippen LogP contribution in [0, 0.1) is 0 Å². The second kappa shape index (κ2) is 6.43. The summed E-state index contributed by atoms with van der Waals surface area (Å²) in [4.78, 5) is 0. The summed E-state index contributed by atoms with van der Waals surface area (Å²) in [5.41, 5.74) is 5.75. The van der Waals surface area contributed by atoms with Crippen LogP contribution in [0.4, 0.5) is 0 Å². The molecule has 0 aliphatic heterocycles. The maximum absolute atomic E-state index is 5.75. The Morgan fingerprint density at radius 2 is 2.11 bits per heavy atom. The summed E-state index contributed by atoms with van der Waals surface area (Å²) in [5.74, 6) is 2.32. The van der Waals surface area contributed by atoms with E-state index in [0.29, 0.717) is 6.04 Å². The Morgan fingerprint density at radius 3 is 2.56 bits per heavy atom. The molecule has 9 heavy (non-hydrogen) atoms.